The lowest BCUT2D eigenvalue weighted by Gasteiger charge is -2.09. The monoisotopic (exact) mass is 482 g/mol. The summed E-state index contributed by atoms with van der Waals surface area (Å²) in [5.74, 6) is -1.40. The summed E-state index contributed by atoms with van der Waals surface area (Å²) in [4.78, 5) is 19.3. The summed E-state index contributed by atoms with van der Waals surface area (Å²) in [5, 5.41) is 32.3. The summed E-state index contributed by atoms with van der Waals surface area (Å²) < 4.78 is 2.13. The van der Waals surface area contributed by atoms with E-state index in [9.17, 15) is 20.1 Å². The SMILES string of the molecule is Cc1ccc(C(=O)c2c(O)c(O)n(-c3nc4c(Cl)cccc4s3)c2-c2ccc(O)cc2)s1. The lowest BCUT2D eigenvalue weighted by molar-refractivity contribution is 0.104. The van der Waals surface area contributed by atoms with E-state index in [1.165, 1.54) is 39.4 Å². The number of carbonyl (C=O) groups excluding carboxylic acids is 1. The smallest absolute Gasteiger partial charge is 0.242 e. The minimum atomic E-state index is -0.533. The number of nitrogens with zero attached hydrogens (tertiary/aromatic N) is 2. The maximum absolute atomic E-state index is 13.4. The Hall–Kier alpha value is -3.33. The van der Waals surface area contributed by atoms with Gasteiger partial charge in [-0.3, -0.25) is 9.36 Å². The summed E-state index contributed by atoms with van der Waals surface area (Å²) in [7, 11) is 0. The molecular weight excluding hydrogens is 468 g/mol. The molecule has 0 atom stereocenters. The Kier molecular flexibility index (Phi) is 4.93. The molecule has 0 saturated heterocycles. The predicted molar refractivity (Wildman–Crippen MR) is 127 cm³/mol. The van der Waals surface area contributed by atoms with Gasteiger partial charge < -0.3 is 15.3 Å². The third-order valence-corrected chi connectivity index (χ3v) is 7.31. The third kappa shape index (κ3) is 3.24. The molecule has 9 heteroatoms. The Morgan fingerprint density at radius 3 is 2.41 bits per heavy atom. The van der Waals surface area contributed by atoms with Gasteiger partial charge in [-0.25, -0.2) is 4.98 Å². The number of para-hydroxylation sites is 1. The van der Waals surface area contributed by atoms with Crippen LogP contribution in [0.3, 0.4) is 0 Å². The summed E-state index contributed by atoms with van der Waals surface area (Å²) in [6.45, 7) is 1.88. The molecular formula is C23H15ClN2O4S2. The Balaban J connectivity index is 1.82. The van der Waals surface area contributed by atoms with Crippen LogP contribution >= 0.6 is 34.3 Å². The van der Waals surface area contributed by atoms with Crippen molar-refractivity contribution >= 4 is 50.3 Å². The van der Waals surface area contributed by atoms with Crippen molar-refractivity contribution in [1.29, 1.82) is 0 Å². The fourth-order valence-electron chi connectivity index (χ4n) is 3.52. The van der Waals surface area contributed by atoms with Crippen molar-refractivity contribution in [2.75, 3.05) is 0 Å². The highest BCUT2D eigenvalue weighted by molar-refractivity contribution is 7.21. The molecule has 3 N–H and O–H groups in total. The molecule has 160 valence electrons. The maximum Gasteiger partial charge on any atom is 0.242 e. The zero-order valence-electron chi connectivity index (χ0n) is 16.5. The van der Waals surface area contributed by atoms with Crippen molar-refractivity contribution in [1.82, 2.24) is 9.55 Å². The number of thiophene rings is 1. The molecule has 0 spiro atoms. The topological polar surface area (TPSA) is 95.6 Å². The summed E-state index contributed by atoms with van der Waals surface area (Å²) in [5.41, 5.74) is 1.30. The van der Waals surface area contributed by atoms with E-state index in [0.29, 0.717) is 26.1 Å². The quantitative estimate of drug-likeness (QED) is 0.268. The van der Waals surface area contributed by atoms with Gasteiger partial charge in [-0.1, -0.05) is 29.0 Å². The number of carbonyl (C=O) groups is 1. The van der Waals surface area contributed by atoms with Crippen molar-refractivity contribution in [2.24, 2.45) is 0 Å². The number of hydrogen-bond donors (Lipinski definition) is 3. The van der Waals surface area contributed by atoms with Gasteiger partial charge in [0, 0.05) is 4.88 Å². The van der Waals surface area contributed by atoms with E-state index in [1.807, 2.05) is 19.1 Å². The van der Waals surface area contributed by atoms with Crippen molar-refractivity contribution < 1.29 is 20.1 Å². The molecule has 0 aliphatic heterocycles. The van der Waals surface area contributed by atoms with Crippen LogP contribution in [0.2, 0.25) is 5.02 Å². The number of benzene rings is 2. The zero-order chi connectivity index (χ0) is 22.6. The van der Waals surface area contributed by atoms with Crippen molar-refractivity contribution in [3.63, 3.8) is 0 Å². The molecule has 0 amide bonds. The number of phenolic OH excluding ortho intramolecular Hbond substituents is 1. The van der Waals surface area contributed by atoms with Gasteiger partial charge >= 0.3 is 0 Å². The van der Waals surface area contributed by atoms with Crippen LogP contribution in [-0.2, 0) is 0 Å². The fraction of sp³-hybridized carbons (Fsp3) is 0.0435. The highest BCUT2D eigenvalue weighted by Crippen LogP contribution is 2.46. The number of phenols is 1. The molecule has 6 nitrogen and oxygen atoms in total. The standard InChI is InChI=1S/C23H15ClN2O4S2/c1-11-5-10-16(31-11)20(28)17-19(12-6-8-13(27)9-7-12)26(22(30)21(17)29)23-25-18-14(24)3-2-4-15(18)32-23/h2-10,27,29-30H,1H3. The van der Waals surface area contributed by atoms with Crippen molar-refractivity contribution in [3.8, 4) is 33.8 Å². The molecule has 0 radical (unpaired) electrons. The molecule has 5 rings (SSSR count). The highest BCUT2D eigenvalue weighted by atomic mass is 35.5. The van der Waals surface area contributed by atoms with Crippen LogP contribution in [-0.4, -0.2) is 30.7 Å². The van der Waals surface area contributed by atoms with E-state index in [4.69, 9.17) is 11.6 Å². The normalized spacial score (nSPS) is 11.3. The average Bonchev–Trinajstić information content (AvgIpc) is 3.46. The van der Waals surface area contributed by atoms with Crippen molar-refractivity contribution in [2.45, 2.75) is 6.92 Å². The molecule has 3 aromatic heterocycles. The Bertz CT molecular complexity index is 1500. The minimum Gasteiger partial charge on any atom is -0.508 e. The highest BCUT2D eigenvalue weighted by Gasteiger charge is 2.31. The largest absolute Gasteiger partial charge is 0.508 e. The second kappa shape index (κ2) is 7.67. The zero-order valence-corrected chi connectivity index (χ0v) is 18.9. The number of thiazole rings is 1. The van der Waals surface area contributed by atoms with Crippen molar-refractivity contribution in [3.05, 3.63) is 74.9 Å². The minimum absolute atomic E-state index is 0.0413. The summed E-state index contributed by atoms with van der Waals surface area (Å²) in [6.07, 6.45) is 0. The van der Waals surface area contributed by atoms with Gasteiger partial charge in [-0.2, -0.15) is 0 Å². The molecule has 3 heterocycles. The Morgan fingerprint density at radius 1 is 1.00 bits per heavy atom. The number of hydrogen-bond acceptors (Lipinski definition) is 7. The number of rotatable bonds is 4. The average molecular weight is 483 g/mol. The van der Waals surface area contributed by atoms with Crippen LogP contribution in [0.25, 0.3) is 26.6 Å². The number of aryl methyl sites for hydroxylation is 1. The van der Waals surface area contributed by atoms with Gasteiger partial charge in [0.05, 0.1) is 25.9 Å². The molecule has 0 saturated carbocycles. The van der Waals surface area contributed by atoms with E-state index in [1.54, 1.807) is 30.3 Å². The molecule has 0 unspecified atom stereocenters. The number of ketones is 1. The van der Waals surface area contributed by atoms with Gasteiger partial charge in [-0.05, 0) is 61.0 Å². The first-order valence-corrected chi connectivity index (χ1v) is 11.5. The molecule has 2 aromatic carbocycles. The lowest BCUT2D eigenvalue weighted by atomic mass is 10.0. The van der Waals surface area contributed by atoms with Crippen LogP contribution in [0.15, 0.2) is 54.6 Å². The van der Waals surface area contributed by atoms with Crippen LogP contribution in [0.5, 0.6) is 17.4 Å². The van der Waals surface area contributed by atoms with Crippen LogP contribution in [0, 0.1) is 6.92 Å². The maximum atomic E-state index is 13.4. The first-order chi connectivity index (χ1) is 15.3. The Morgan fingerprint density at radius 2 is 1.75 bits per heavy atom. The van der Waals surface area contributed by atoms with Gasteiger partial charge in [0.2, 0.25) is 11.7 Å². The van der Waals surface area contributed by atoms with Crippen LogP contribution in [0.1, 0.15) is 20.1 Å². The lowest BCUT2D eigenvalue weighted by Crippen LogP contribution is -2.03. The van der Waals surface area contributed by atoms with Gasteiger partial charge in [0.25, 0.3) is 0 Å². The number of aromatic hydroxyl groups is 3. The van der Waals surface area contributed by atoms with Gasteiger partial charge in [0.1, 0.15) is 11.3 Å². The molecule has 0 fully saturated rings. The first kappa shape index (κ1) is 20.6. The summed E-state index contributed by atoms with van der Waals surface area (Å²) >= 11 is 8.85. The van der Waals surface area contributed by atoms with Crippen LogP contribution < -0.4 is 0 Å². The first-order valence-electron chi connectivity index (χ1n) is 9.47. The Labute approximate surface area is 195 Å². The van der Waals surface area contributed by atoms with Gasteiger partial charge in [0.15, 0.2) is 10.9 Å². The molecule has 0 aliphatic carbocycles. The van der Waals surface area contributed by atoms with E-state index in [0.717, 1.165) is 9.58 Å². The van der Waals surface area contributed by atoms with E-state index in [-0.39, 0.29) is 17.0 Å². The summed E-state index contributed by atoms with van der Waals surface area (Å²) in [6, 6.07) is 15.0. The number of aromatic nitrogens is 2. The molecule has 32 heavy (non-hydrogen) atoms. The second-order valence-electron chi connectivity index (χ2n) is 7.10. The van der Waals surface area contributed by atoms with Gasteiger partial charge in [-0.15, -0.1) is 11.3 Å². The third-order valence-electron chi connectivity index (χ3n) is 5.00. The van der Waals surface area contributed by atoms with E-state index in [2.05, 4.69) is 4.98 Å². The van der Waals surface area contributed by atoms with E-state index < -0.39 is 17.4 Å². The number of halogens is 1. The number of fused-ring (bicyclic) bond motifs is 1. The molecule has 0 bridgehead atoms. The fourth-order valence-corrected chi connectivity index (χ4v) is 5.61. The molecule has 5 aromatic rings. The second-order valence-corrected chi connectivity index (χ2v) is 9.80. The van der Waals surface area contributed by atoms with E-state index >= 15 is 0 Å². The van der Waals surface area contributed by atoms with Crippen LogP contribution in [0.4, 0.5) is 0 Å². The predicted octanol–water partition coefficient (Wildman–Crippen LogP) is 6.13. The molecule has 0 aliphatic rings.